The van der Waals surface area contributed by atoms with E-state index >= 15 is 0 Å². The van der Waals surface area contributed by atoms with Crippen LogP contribution in [0.4, 0.5) is 0 Å². The van der Waals surface area contributed by atoms with Gasteiger partial charge in [-0.3, -0.25) is 0 Å². The van der Waals surface area contributed by atoms with Gasteiger partial charge in [0.25, 0.3) is 0 Å². The first-order chi connectivity index (χ1) is 9.19. The molecular formula is C15H24BNO2S. The summed E-state index contributed by atoms with van der Waals surface area (Å²) >= 11 is 1.79. The highest BCUT2D eigenvalue weighted by Gasteiger charge is 2.49. The molecule has 1 aliphatic heterocycles. The molecule has 0 spiro atoms. The Morgan fingerprint density at radius 2 is 1.80 bits per heavy atom. The second kappa shape index (κ2) is 5.64. The van der Waals surface area contributed by atoms with Crippen molar-refractivity contribution in [3.05, 3.63) is 27.9 Å². The van der Waals surface area contributed by atoms with Gasteiger partial charge in [0.05, 0.1) is 11.2 Å². The molecule has 1 aromatic heterocycles. The van der Waals surface area contributed by atoms with Gasteiger partial charge in [0.2, 0.25) is 0 Å². The molecule has 1 fully saturated rings. The minimum absolute atomic E-state index is 0.266. The molecule has 2 heterocycles. The lowest BCUT2D eigenvalue weighted by Gasteiger charge is -2.32. The van der Waals surface area contributed by atoms with Crippen molar-refractivity contribution in [2.45, 2.75) is 45.4 Å². The normalized spacial score (nSPS) is 21.2. The minimum Gasteiger partial charge on any atom is -0.400 e. The predicted molar refractivity (Wildman–Crippen MR) is 86.8 cm³/mol. The molecule has 2 rings (SSSR count). The van der Waals surface area contributed by atoms with Gasteiger partial charge in [0.15, 0.2) is 0 Å². The molecule has 0 unspecified atom stereocenters. The first-order valence-corrected chi connectivity index (χ1v) is 7.83. The third-order valence-electron chi connectivity index (χ3n) is 3.86. The van der Waals surface area contributed by atoms with Gasteiger partial charge in [-0.15, -0.1) is 11.3 Å². The van der Waals surface area contributed by atoms with Gasteiger partial charge in [-0.25, -0.2) is 0 Å². The Labute approximate surface area is 126 Å². The molecule has 110 valence electrons. The first kappa shape index (κ1) is 15.8. The lowest BCUT2D eigenvalue weighted by Crippen LogP contribution is -2.41. The van der Waals surface area contributed by atoms with Crippen LogP contribution in [0.5, 0.6) is 0 Å². The quantitative estimate of drug-likeness (QED) is 0.794. The Bertz CT molecular complexity index is 478. The van der Waals surface area contributed by atoms with Gasteiger partial charge in [0.1, 0.15) is 0 Å². The van der Waals surface area contributed by atoms with E-state index in [0.717, 1.165) is 6.54 Å². The monoisotopic (exact) mass is 293 g/mol. The van der Waals surface area contributed by atoms with Crippen molar-refractivity contribution in [1.29, 1.82) is 0 Å². The summed E-state index contributed by atoms with van der Waals surface area (Å²) in [5, 5.41) is 2.17. The van der Waals surface area contributed by atoms with E-state index in [1.807, 2.05) is 5.98 Å². The van der Waals surface area contributed by atoms with E-state index in [-0.39, 0.29) is 18.3 Å². The fraction of sp³-hybridized carbons (Fsp3) is 0.600. The lowest BCUT2D eigenvalue weighted by molar-refractivity contribution is 0.00578. The zero-order valence-corrected chi connectivity index (χ0v) is 14.1. The Kier molecular flexibility index (Phi) is 4.45. The zero-order valence-electron chi connectivity index (χ0n) is 13.3. The van der Waals surface area contributed by atoms with Crippen LogP contribution in [0.15, 0.2) is 17.4 Å². The van der Waals surface area contributed by atoms with E-state index in [1.165, 1.54) is 10.4 Å². The highest BCUT2D eigenvalue weighted by Crippen LogP contribution is 2.37. The van der Waals surface area contributed by atoms with Gasteiger partial charge < -0.3 is 14.2 Å². The third kappa shape index (κ3) is 3.53. The van der Waals surface area contributed by atoms with Crippen molar-refractivity contribution in [2.24, 2.45) is 0 Å². The van der Waals surface area contributed by atoms with Crippen LogP contribution in [0.3, 0.4) is 0 Å². The van der Waals surface area contributed by atoms with Crippen LogP contribution in [0, 0.1) is 0 Å². The summed E-state index contributed by atoms with van der Waals surface area (Å²) in [6, 6.07) is 2.21. The minimum atomic E-state index is -0.271. The van der Waals surface area contributed by atoms with Crippen LogP contribution < -0.4 is 0 Å². The van der Waals surface area contributed by atoms with Gasteiger partial charge in [-0.2, -0.15) is 0 Å². The summed E-state index contributed by atoms with van der Waals surface area (Å²) in [5.74, 6) is 2.00. The molecule has 3 nitrogen and oxygen atoms in total. The maximum Gasteiger partial charge on any atom is 0.487 e. The second-order valence-electron chi connectivity index (χ2n) is 6.57. The number of thiophene rings is 1. The van der Waals surface area contributed by atoms with Crippen LogP contribution >= 0.6 is 11.3 Å². The average molecular weight is 293 g/mol. The summed E-state index contributed by atoms with van der Waals surface area (Å²) < 4.78 is 11.9. The van der Waals surface area contributed by atoms with E-state index < -0.39 is 0 Å². The van der Waals surface area contributed by atoms with Crippen molar-refractivity contribution in [3.63, 3.8) is 0 Å². The number of hydrogen-bond donors (Lipinski definition) is 0. The number of nitrogens with zero attached hydrogens (tertiary/aromatic N) is 1. The van der Waals surface area contributed by atoms with E-state index in [9.17, 15) is 0 Å². The van der Waals surface area contributed by atoms with Gasteiger partial charge in [-0.1, -0.05) is 12.1 Å². The topological polar surface area (TPSA) is 21.7 Å². The molecule has 0 N–H and O–H groups in total. The van der Waals surface area contributed by atoms with E-state index in [0.29, 0.717) is 0 Å². The summed E-state index contributed by atoms with van der Waals surface area (Å²) in [4.78, 5) is 3.54. The molecule has 0 saturated carbocycles. The third-order valence-corrected chi connectivity index (χ3v) is 4.80. The molecule has 0 bridgehead atoms. The van der Waals surface area contributed by atoms with Crippen LogP contribution in [0.2, 0.25) is 0 Å². The molecule has 0 atom stereocenters. The van der Waals surface area contributed by atoms with Crippen molar-refractivity contribution < 1.29 is 9.31 Å². The Morgan fingerprint density at radius 3 is 2.35 bits per heavy atom. The first-order valence-electron chi connectivity index (χ1n) is 6.96. The molecule has 1 aromatic rings. The van der Waals surface area contributed by atoms with Crippen LogP contribution in [-0.4, -0.2) is 37.3 Å². The average Bonchev–Trinajstić information content (AvgIpc) is 2.78. The van der Waals surface area contributed by atoms with Crippen molar-refractivity contribution in [3.8, 4) is 0 Å². The van der Waals surface area contributed by atoms with Gasteiger partial charge in [-0.05, 0) is 58.8 Å². The summed E-state index contributed by atoms with van der Waals surface area (Å²) in [6.07, 6.45) is 2.08. The maximum absolute atomic E-state index is 5.94. The summed E-state index contributed by atoms with van der Waals surface area (Å²) in [7, 11) is 3.90. The lowest BCUT2D eigenvalue weighted by atomic mass is 9.89. The van der Waals surface area contributed by atoms with E-state index in [2.05, 4.69) is 64.2 Å². The molecule has 1 saturated heterocycles. The maximum atomic E-state index is 5.94. The van der Waals surface area contributed by atoms with Crippen LogP contribution in [0.25, 0.3) is 6.08 Å². The molecular weight excluding hydrogens is 269 g/mol. The molecule has 20 heavy (non-hydrogen) atoms. The molecule has 5 heteroatoms. The summed E-state index contributed by atoms with van der Waals surface area (Å²) in [5.41, 5.74) is 0.668. The largest absolute Gasteiger partial charge is 0.487 e. The highest BCUT2D eigenvalue weighted by molar-refractivity contribution is 7.10. The van der Waals surface area contributed by atoms with Crippen molar-refractivity contribution >= 4 is 24.5 Å². The molecule has 0 aliphatic carbocycles. The second-order valence-corrected chi connectivity index (χ2v) is 7.56. The zero-order chi connectivity index (χ0) is 15.0. The predicted octanol–water partition coefficient (Wildman–Crippen LogP) is 3.45. The van der Waals surface area contributed by atoms with Gasteiger partial charge >= 0.3 is 7.12 Å². The fourth-order valence-electron chi connectivity index (χ4n) is 2.04. The Balaban J connectivity index is 1.99. The fourth-order valence-corrected chi connectivity index (χ4v) is 3.01. The highest BCUT2D eigenvalue weighted by atomic mass is 32.1. The Morgan fingerprint density at radius 1 is 1.20 bits per heavy atom. The number of rotatable bonds is 4. The standard InChI is InChI=1S/C15H24BNO2S/c1-14(2)15(3,4)19-16(18-14)8-7-12-9-13(20-11-12)10-17(5)6/h7-9,11H,10H2,1-6H3/b8-7+. The number of hydrogen-bond acceptors (Lipinski definition) is 4. The molecule has 1 aliphatic rings. The molecule has 0 amide bonds. The molecule has 0 radical (unpaired) electrons. The van der Waals surface area contributed by atoms with Crippen molar-refractivity contribution in [2.75, 3.05) is 14.1 Å². The summed E-state index contributed by atoms with van der Waals surface area (Å²) in [6.45, 7) is 9.26. The molecule has 0 aromatic carbocycles. The van der Waals surface area contributed by atoms with Crippen LogP contribution in [0.1, 0.15) is 38.1 Å². The van der Waals surface area contributed by atoms with Gasteiger partial charge in [0, 0.05) is 11.4 Å². The Hall–Kier alpha value is -0.615. The van der Waals surface area contributed by atoms with Crippen LogP contribution in [-0.2, 0) is 15.9 Å². The smallest absolute Gasteiger partial charge is 0.400 e. The SMILES string of the molecule is CN(C)Cc1cc(/C=C/B2OC(C)(C)C(C)(C)O2)cs1. The van der Waals surface area contributed by atoms with Crippen molar-refractivity contribution in [1.82, 2.24) is 4.90 Å². The van der Waals surface area contributed by atoms with E-state index in [1.54, 1.807) is 11.3 Å². The van der Waals surface area contributed by atoms with E-state index in [4.69, 9.17) is 9.31 Å².